The van der Waals surface area contributed by atoms with Crippen molar-refractivity contribution in [2.24, 2.45) is 5.92 Å². The molecule has 108 valence electrons. The Labute approximate surface area is 112 Å². The number of hydrogen-bond acceptors (Lipinski definition) is 4. The van der Waals surface area contributed by atoms with Crippen molar-refractivity contribution in [2.75, 3.05) is 13.6 Å². The first-order chi connectivity index (χ1) is 8.71. The van der Waals surface area contributed by atoms with Gasteiger partial charge in [0.15, 0.2) is 0 Å². The number of nitrogens with zero attached hydrogens (tertiary/aromatic N) is 2. The average molecular weight is 289 g/mol. The number of aryl methyl sites for hydroxylation is 1. The Kier molecular flexibility index (Phi) is 4.70. The fraction of sp³-hybridized carbons (Fsp3) is 0.636. The van der Waals surface area contributed by atoms with Crippen molar-refractivity contribution in [3.8, 4) is 0 Å². The second-order valence-electron chi connectivity index (χ2n) is 4.63. The molecule has 8 heteroatoms. The van der Waals surface area contributed by atoms with E-state index in [1.54, 1.807) is 0 Å². The predicted molar refractivity (Wildman–Crippen MR) is 69.6 cm³/mol. The Morgan fingerprint density at radius 2 is 2.11 bits per heavy atom. The number of aromatic nitrogens is 2. The average Bonchev–Trinajstić information content (AvgIpc) is 2.71. The SMILES string of the molecule is CCC(C)CN(C)S(=O)(=O)c1n[nH]c(C)c1C(=O)O. The number of carbonyl (C=O) groups is 1. The summed E-state index contributed by atoms with van der Waals surface area (Å²) in [7, 11) is -2.46. The fourth-order valence-corrected chi connectivity index (χ4v) is 3.06. The van der Waals surface area contributed by atoms with E-state index >= 15 is 0 Å². The molecule has 0 aliphatic carbocycles. The molecule has 7 nitrogen and oxygen atoms in total. The summed E-state index contributed by atoms with van der Waals surface area (Å²) in [6.45, 7) is 5.69. The molecular weight excluding hydrogens is 270 g/mol. The minimum absolute atomic E-state index is 0.188. The van der Waals surface area contributed by atoms with Crippen molar-refractivity contribution in [2.45, 2.75) is 32.2 Å². The second kappa shape index (κ2) is 5.70. The van der Waals surface area contributed by atoms with Crippen molar-refractivity contribution in [1.82, 2.24) is 14.5 Å². The van der Waals surface area contributed by atoms with Gasteiger partial charge in [0.1, 0.15) is 5.56 Å². The zero-order valence-corrected chi connectivity index (χ0v) is 12.3. The summed E-state index contributed by atoms with van der Waals surface area (Å²) in [5, 5.41) is 14.7. The van der Waals surface area contributed by atoms with Gasteiger partial charge in [-0.05, 0) is 12.8 Å². The van der Waals surface area contributed by atoms with Gasteiger partial charge in [0.2, 0.25) is 5.03 Å². The number of hydrogen-bond donors (Lipinski definition) is 2. The van der Waals surface area contributed by atoms with Crippen LogP contribution in [-0.4, -0.2) is 47.6 Å². The summed E-state index contributed by atoms with van der Waals surface area (Å²) in [5.41, 5.74) is -0.0704. The first kappa shape index (κ1) is 15.6. The van der Waals surface area contributed by atoms with Gasteiger partial charge in [0, 0.05) is 19.3 Å². The van der Waals surface area contributed by atoms with Crippen LogP contribution in [0.2, 0.25) is 0 Å². The van der Waals surface area contributed by atoms with Crippen molar-refractivity contribution >= 4 is 16.0 Å². The van der Waals surface area contributed by atoms with Crippen LogP contribution in [0.4, 0.5) is 0 Å². The van der Waals surface area contributed by atoms with E-state index < -0.39 is 21.0 Å². The third-order valence-corrected chi connectivity index (χ3v) is 4.80. The van der Waals surface area contributed by atoms with Crippen LogP contribution < -0.4 is 0 Å². The third kappa shape index (κ3) is 3.13. The lowest BCUT2D eigenvalue weighted by atomic mass is 10.1. The Balaban J connectivity index is 3.17. The van der Waals surface area contributed by atoms with E-state index in [0.29, 0.717) is 6.54 Å². The molecular formula is C11H19N3O4S. The van der Waals surface area contributed by atoms with E-state index in [1.165, 1.54) is 14.0 Å². The van der Waals surface area contributed by atoms with Gasteiger partial charge >= 0.3 is 5.97 Å². The van der Waals surface area contributed by atoms with Crippen LogP contribution in [0.25, 0.3) is 0 Å². The molecule has 0 aromatic carbocycles. The molecule has 0 radical (unpaired) electrons. The van der Waals surface area contributed by atoms with Crippen LogP contribution in [0.15, 0.2) is 5.03 Å². The van der Waals surface area contributed by atoms with Crippen LogP contribution in [0.5, 0.6) is 0 Å². The van der Waals surface area contributed by atoms with Crippen molar-refractivity contribution < 1.29 is 18.3 Å². The smallest absolute Gasteiger partial charge is 0.340 e. The standard InChI is InChI=1S/C11H19N3O4S/c1-5-7(2)6-14(4)19(17,18)10-9(11(15)16)8(3)12-13-10/h7H,5-6H2,1-4H3,(H,12,13)(H,15,16). The summed E-state index contributed by atoms with van der Waals surface area (Å²) in [5.74, 6) is -1.12. The molecule has 1 unspecified atom stereocenters. The fourth-order valence-electron chi connectivity index (χ4n) is 1.66. The van der Waals surface area contributed by atoms with Gasteiger partial charge in [-0.2, -0.15) is 9.40 Å². The topological polar surface area (TPSA) is 103 Å². The molecule has 0 saturated heterocycles. The van der Waals surface area contributed by atoms with E-state index in [0.717, 1.165) is 10.7 Å². The van der Waals surface area contributed by atoms with Crippen molar-refractivity contribution in [3.05, 3.63) is 11.3 Å². The molecule has 1 aromatic heterocycles. The highest BCUT2D eigenvalue weighted by Gasteiger charge is 2.31. The highest BCUT2D eigenvalue weighted by Crippen LogP contribution is 2.20. The number of H-pyrrole nitrogens is 1. The van der Waals surface area contributed by atoms with Crippen molar-refractivity contribution in [3.63, 3.8) is 0 Å². The molecule has 1 rings (SSSR count). The van der Waals surface area contributed by atoms with E-state index in [1.807, 2.05) is 13.8 Å². The molecule has 1 heterocycles. The van der Waals surface area contributed by atoms with Crippen molar-refractivity contribution in [1.29, 1.82) is 0 Å². The minimum Gasteiger partial charge on any atom is -0.478 e. The number of aromatic carboxylic acids is 1. The summed E-state index contributed by atoms with van der Waals surface area (Å²) < 4.78 is 25.7. The molecule has 1 atom stereocenters. The molecule has 1 aromatic rings. The summed E-state index contributed by atoms with van der Waals surface area (Å²) >= 11 is 0. The van der Waals surface area contributed by atoms with E-state index in [-0.39, 0.29) is 17.2 Å². The third-order valence-electron chi connectivity index (χ3n) is 3.05. The Morgan fingerprint density at radius 3 is 2.58 bits per heavy atom. The highest BCUT2D eigenvalue weighted by molar-refractivity contribution is 7.89. The maximum Gasteiger partial charge on any atom is 0.340 e. The Hall–Kier alpha value is -1.41. The van der Waals surface area contributed by atoms with E-state index in [2.05, 4.69) is 10.2 Å². The normalized spacial score (nSPS) is 13.7. The van der Waals surface area contributed by atoms with E-state index in [9.17, 15) is 13.2 Å². The molecule has 0 aliphatic rings. The van der Waals surface area contributed by atoms with Gasteiger partial charge < -0.3 is 5.11 Å². The summed E-state index contributed by atoms with van der Waals surface area (Å²) in [6.07, 6.45) is 0.839. The monoisotopic (exact) mass is 289 g/mol. The number of nitrogens with one attached hydrogen (secondary N) is 1. The van der Waals surface area contributed by atoms with Gasteiger partial charge in [-0.25, -0.2) is 13.2 Å². The highest BCUT2D eigenvalue weighted by atomic mass is 32.2. The predicted octanol–water partition coefficient (Wildman–Crippen LogP) is 1.08. The number of rotatable bonds is 6. The summed E-state index contributed by atoms with van der Waals surface area (Å²) in [6, 6.07) is 0. The van der Waals surface area contributed by atoms with Gasteiger partial charge in [0.05, 0.1) is 0 Å². The van der Waals surface area contributed by atoms with Crippen LogP contribution in [0.3, 0.4) is 0 Å². The van der Waals surface area contributed by atoms with Gasteiger partial charge in [-0.1, -0.05) is 20.3 Å². The lowest BCUT2D eigenvalue weighted by Crippen LogP contribution is -2.32. The van der Waals surface area contributed by atoms with Gasteiger partial charge in [-0.3, -0.25) is 5.10 Å². The Morgan fingerprint density at radius 1 is 1.53 bits per heavy atom. The number of aromatic amines is 1. The summed E-state index contributed by atoms with van der Waals surface area (Å²) in [4.78, 5) is 11.1. The number of carboxylic acids is 1. The maximum absolute atomic E-state index is 12.3. The first-order valence-electron chi connectivity index (χ1n) is 5.96. The molecule has 2 N–H and O–H groups in total. The van der Waals surface area contributed by atoms with Crippen LogP contribution in [0.1, 0.15) is 36.3 Å². The first-order valence-corrected chi connectivity index (χ1v) is 7.40. The van der Waals surface area contributed by atoms with Gasteiger partial charge in [-0.15, -0.1) is 0 Å². The molecule has 0 aliphatic heterocycles. The van der Waals surface area contributed by atoms with Crippen LogP contribution >= 0.6 is 0 Å². The quantitative estimate of drug-likeness (QED) is 0.815. The zero-order chi connectivity index (χ0) is 14.8. The second-order valence-corrected chi connectivity index (χ2v) is 6.59. The molecule has 0 amide bonds. The Bertz CT molecular complexity index is 564. The molecule has 0 fully saturated rings. The molecule has 0 bridgehead atoms. The lowest BCUT2D eigenvalue weighted by Gasteiger charge is -2.19. The number of sulfonamides is 1. The van der Waals surface area contributed by atoms with E-state index in [4.69, 9.17) is 5.11 Å². The van der Waals surface area contributed by atoms with Gasteiger partial charge in [0.25, 0.3) is 10.0 Å². The largest absolute Gasteiger partial charge is 0.478 e. The van der Waals surface area contributed by atoms with Crippen LogP contribution in [0, 0.1) is 12.8 Å². The molecule has 0 spiro atoms. The minimum atomic E-state index is -3.89. The molecule has 19 heavy (non-hydrogen) atoms. The number of carboxylic acid groups (broad SMARTS) is 1. The molecule has 0 saturated carbocycles. The van der Waals surface area contributed by atoms with Crippen LogP contribution in [-0.2, 0) is 10.0 Å². The maximum atomic E-state index is 12.3. The lowest BCUT2D eigenvalue weighted by molar-refractivity contribution is 0.0691. The zero-order valence-electron chi connectivity index (χ0n) is 11.5.